The van der Waals surface area contributed by atoms with Crippen LogP contribution in [0.2, 0.25) is 10.0 Å². The maximum absolute atomic E-state index is 12.4. The molecule has 0 unspecified atom stereocenters. The Labute approximate surface area is 133 Å². The fourth-order valence-electron chi connectivity index (χ4n) is 1.63. The molecule has 0 saturated carbocycles. The number of halogens is 2. The third-order valence-corrected chi connectivity index (χ3v) is 5.36. The minimum absolute atomic E-state index is 0.0133. The smallest absolute Gasteiger partial charge is 0.337 e. The Morgan fingerprint density at radius 2 is 2.00 bits per heavy atom. The molecule has 0 heterocycles. The van der Waals surface area contributed by atoms with Crippen LogP contribution in [0.25, 0.3) is 0 Å². The van der Waals surface area contributed by atoms with E-state index in [0.29, 0.717) is 13.0 Å². The van der Waals surface area contributed by atoms with Gasteiger partial charge in [0.05, 0.1) is 10.6 Å². The first-order valence-corrected chi connectivity index (χ1v) is 8.09. The molecule has 1 rings (SSSR count). The van der Waals surface area contributed by atoms with Gasteiger partial charge in [-0.3, -0.25) is 0 Å². The van der Waals surface area contributed by atoms with Crippen molar-refractivity contribution in [3.05, 3.63) is 27.7 Å². The number of carboxylic acids is 1. The quantitative estimate of drug-likeness (QED) is 0.758. The first-order chi connectivity index (χ1) is 9.71. The summed E-state index contributed by atoms with van der Waals surface area (Å²) < 4.78 is 30.8. The second kappa shape index (κ2) is 7.42. The van der Waals surface area contributed by atoms with Crippen molar-refractivity contribution in [2.45, 2.75) is 11.3 Å². The van der Waals surface area contributed by atoms with Gasteiger partial charge in [-0.1, -0.05) is 23.2 Å². The fourth-order valence-corrected chi connectivity index (χ4v) is 3.71. The van der Waals surface area contributed by atoms with E-state index in [1.807, 2.05) is 0 Å². The standard InChI is InChI=1S/C12H15Cl2NO5S/c1-15(4-3-5-20-2)21(18,19)10-7-8(13)6-9(11(10)14)12(16)17/h6-7H,3-5H2,1-2H3,(H,16,17). The highest BCUT2D eigenvalue weighted by Gasteiger charge is 2.27. The maximum Gasteiger partial charge on any atom is 0.337 e. The molecule has 0 aromatic heterocycles. The van der Waals surface area contributed by atoms with Crippen LogP contribution in [0.1, 0.15) is 16.8 Å². The van der Waals surface area contributed by atoms with Crippen molar-refractivity contribution in [1.82, 2.24) is 4.31 Å². The molecule has 1 aromatic carbocycles. The Kier molecular flexibility index (Phi) is 6.42. The van der Waals surface area contributed by atoms with E-state index in [1.165, 1.54) is 14.2 Å². The third kappa shape index (κ3) is 4.31. The summed E-state index contributed by atoms with van der Waals surface area (Å²) in [4.78, 5) is 10.7. The Morgan fingerprint density at radius 1 is 1.38 bits per heavy atom. The van der Waals surface area contributed by atoms with Gasteiger partial charge in [-0.2, -0.15) is 0 Å². The molecule has 9 heteroatoms. The average Bonchev–Trinajstić information content (AvgIpc) is 2.40. The molecule has 0 aliphatic carbocycles. The average molecular weight is 356 g/mol. The van der Waals surface area contributed by atoms with Crippen LogP contribution in [0.4, 0.5) is 0 Å². The molecular formula is C12H15Cl2NO5S. The number of hydrogen-bond acceptors (Lipinski definition) is 4. The van der Waals surface area contributed by atoms with Crippen molar-refractivity contribution >= 4 is 39.2 Å². The van der Waals surface area contributed by atoms with E-state index in [9.17, 15) is 13.2 Å². The van der Waals surface area contributed by atoms with Gasteiger partial charge in [-0.25, -0.2) is 17.5 Å². The zero-order valence-electron chi connectivity index (χ0n) is 11.5. The largest absolute Gasteiger partial charge is 0.478 e. The Balaban J connectivity index is 3.22. The summed E-state index contributed by atoms with van der Waals surface area (Å²) >= 11 is 11.7. The first kappa shape index (κ1) is 18.2. The van der Waals surface area contributed by atoms with Crippen LogP contribution in [-0.4, -0.2) is 51.1 Å². The van der Waals surface area contributed by atoms with E-state index >= 15 is 0 Å². The minimum Gasteiger partial charge on any atom is -0.478 e. The van der Waals surface area contributed by atoms with E-state index < -0.39 is 16.0 Å². The Bertz CT molecular complexity index is 633. The SMILES string of the molecule is COCCCN(C)S(=O)(=O)c1cc(Cl)cc(C(=O)O)c1Cl. The van der Waals surface area contributed by atoms with Crippen molar-refractivity contribution in [3.63, 3.8) is 0 Å². The van der Waals surface area contributed by atoms with Crippen LogP contribution in [0.3, 0.4) is 0 Å². The molecule has 0 bridgehead atoms. The van der Waals surface area contributed by atoms with Crippen LogP contribution in [0.15, 0.2) is 17.0 Å². The number of carboxylic acid groups (broad SMARTS) is 1. The van der Waals surface area contributed by atoms with Gasteiger partial charge in [0.15, 0.2) is 0 Å². The lowest BCUT2D eigenvalue weighted by atomic mass is 10.2. The summed E-state index contributed by atoms with van der Waals surface area (Å²) in [6.07, 6.45) is 0.496. The number of aromatic carboxylic acids is 1. The number of hydrogen-bond donors (Lipinski definition) is 1. The first-order valence-electron chi connectivity index (χ1n) is 5.89. The number of methoxy groups -OCH3 is 1. The number of sulfonamides is 1. The molecule has 0 radical (unpaired) electrons. The molecule has 0 saturated heterocycles. The molecule has 0 fully saturated rings. The summed E-state index contributed by atoms with van der Waals surface area (Å²) in [5, 5.41) is 8.65. The zero-order valence-corrected chi connectivity index (χ0v) is 13.8. The Morgan fingerprint density at radius 3 is 2.52 bits per heavy atom. The second-order valence-corrected chi connectivity index (χ2v) is 7.07. The molecule has 0 aliphatic rings. The molecule has 6 nitrogen and oxygen atoms in total. The second-order valence-electron chi connectivity index (χ2n) is 4.24. The van der Waals surface area contributed by atoms with Crippen molar-refractivity contribution < 1.29 is 23.1 Å². The van der Waals surface area contributed by atoms with Gasteiger partial charge in [0.1, 0.15) is 4.90 Å². The van der Waals surface area contributed by atoms with Crippen LogP contribution in [-0.2, 0) is 14.8 Å². The van der Waals surface area contributed by atoms with Gasteiger partial charge in [0.2, 0.25) is 10.0 Å². The highest BCUT2D eigenvalue weighted by Crippen LogP contribution is 2.31. The number of carbonyl (C=O) groups is 1. The van der Waals surface area contributed by atoms with Gasteiger partial charge >= 0.3 is 5.97 Å². The topological polar surface area (TPSA) is 83.9 Å². The number of nitrogens with zero attached hydrogens (tertiary/aromatic N) is 1. The molecule has 1 N–H and O–H groups in total. The summed E-state index contributed by atoms with van der Waals surface area (Å²) in [7, 11) is -1.04. The predicted octanol–water partition coefficient (Wildman–Crippen LogP) is 2.35. The number of benzene rings is 1. The van der Waals surface area contributed by atoms with E-state index in [1.54, 1.807) is 0 Å². The van der Waals surface area contributed by atoms with Gasteiger partial charge in [0.25, 0.3) is 0 Å². The highest BCUT2D eigenvalue weighted by atomic mass is 35.5. The van der Waals surface area contributed by atoms with Gasteiger partial charge < -0.3 is 9.84 Å². The lowest BCUT2D eigenvalue weighted by Gasteiger charge is -2.18. The highest BCUT2D eigenvalue weighted by molar-refractivity contribution is 7.89. The lowest BCUT2D eigenvalue weighted by Crippen LogP contribution is -2.29. The van der Waals surface area contributed by atoms with Gasteiger partial charge in [-0.15, -0.1) is 0 Å². The van der Waals surface area contributed by atoms with E-state index in [-0.39, 0.29) is 27.0 Å². The predicted molar refractivity (Wildman–Crippen MR) is 79.7 cm³/mol. The molecule has 0 aliphatic heterocycles. The van der Waals surface area contributed by atoms with E-state index in [0.717, 1.165) is 16.4 Å². The van der Waals surface area contributed by atoms with Gasteiger partial charge in [0, 0.05) is 32.3 Å². The van der Waals surface area contributed by atoms with Crippen LogP contribution >= 0.6 is 23.2 Å². The van der Waals surface area contributed by atoms with Crippen molar-refractivity contribution in [2.75, 3.05) is 27.3 Å². The monoisotopic (exact) mass is 355 g/mol. The van der Waals surface area contributed by atoms with Crippen molar-refractivity contribution in [1.29, 1.82) is 0 Å². The number of rotatable bonds is 7. The molecule has 0 atom stereocenters. The van der Waals surface area contributed by atoms with Crippen molar-refractivity contribution in [2.24, 2.45) is 0 Å². The molecular weight excluding hydrogens is 341 g/mol. The normalized spacial score (nSPS) is 11.9. The molecule has 118 valence electrons. The fraction of sp³-hybridized carbons (Fsp3) is 0.417. The van der Waals surface area contributed by atoms with Crippen LogP contribution < -0.4 is 0 Å². The van der Waals surface area contributed by atoms with E-state index in [4.69, 9.17) is 33.0 Å². The zero-order chi connectivity index (χ0) is 16.2. The lowest BCUT2D eigenvalue weighted by molar-refractivity contribution is 0.0697. The summed E-state index contributed by atoms with van der Waals surface area (Å²) in [5.74, 6) is -1.35. The third-order valence-electron chi connectivity index (χ3n) is 2.74. The van der Waals surface area contributed by atoms with Crippen LogP contribution in [0.5, 0.6) is 0 Å². The minimum atomic E-state index is -3.93. The molecule has 0 amide bonds. The molecule has 0 spiro atoms. The summed E-state index contributed by atoms with van der Waals surface area (Å²) in [6, 6.07) is 2.24. The van der Waals surface area contributed by atoms with Crippen molar-refractivity contribution in [3.8, 4) is 0 Å². The van der Waals surface area contributed by atoms with Gasteiger partial charge in [-0.05, 0) is 18.6 Å². The molecule has 21 heavy (non-hydrogen) atoms. The Hall–Kier alpha value is -0.860. The maximum atomic E-state index is 12.4. The summed E-state index contributed by atoms with van der Waals surface area (Å²) in [6.45, 7) is 0.616. The van der Waals surface area contributed by atoms with E-state index in [2.05, 4.69) is 0 Å². The van der Waals surface area contributed by atoms with Crippen LogP contribution in [0, 0.1) is 0 Å². The number of ether oxygens (including phenoxy) is 1. The molecule has 1 aromatic rings. The summed E-state index contributed by atoms with van der Waals surface area (Å²) in [5.41, 5.74) is -0.354.